The number of allylic oxidation sites excluding steroid dienone is 4. The van der Waals surface area contributed by atoms with E-state index in [0.29, 0.717) is 0 Å². The summed E-state index contributed by atoms with van der Waals surface area (Å²) in [6.07, 6.45) is 4.45. The Bertz CT molecular complexity index is 202. The van der Waals surface area contributed by atoms with Crippen molar-refractivity contribution in [2.24, 2.45) is 0 Å². The fraction of sp³-hybridized carbons (Fsp3) is 0.600. The van der Waals surface area contributed by atoms with E-state index in [-0.39, 0.29) is 6.42 Å². The summed E-state index contributed by atoms with van der Waals surface area (Å²) in [6, 6.07) is 0. The first-order valence-electron chi connectivity index (χ1n) is 4.39. The van der Waals surface area contributed by atoms with Crippen LogP contribution in [0.2, 0.25) is 0 Å². The minimum atomic E-state index is -2.20. The largest absolute Gasteiger partial charge is 0.242 e. The SMILES string of the molecule is CCC1=C(CC(F)F)C=CCC1. The summed E-state index contributed by atoms with van der Waals surface area (Å²) in [6.45, 7) is 2.03. The van der Waals surface area contributed by atoms with Crippen LogP contribution in [0.3, 0.4) is 0 Å². The second-order valence-corrected chi connectivity index (χ2v) is 3.02. The average molecular weight is 172 g/mol. The molecule has 0 N–H and O–H groups in total. The van der Waals surface area contributed by atoms with E-state index < -0.39 is 6.43 Å². The molecule has 0 spiro atoms. The van der Waals surface area contributed by atoms with Crippen LogP contribution >= 0.6 is 0 Å². The molecule has 0 heterocycles. The van der Waals surface area contributed by atoms with E-state index in [1.54, 1.807) is 0 Å². The lowest BCUT2D eigenvalue weighted by molar-refractivity contribution is 0.149. The normalized spacial score (nSPS) is 17.7. The van der Waals surface area contributed by atoms with Gasteiger partial charge in [0, 0.05) is 6.42 Å². The van der Waals surface area contributed by atoms with Crippen LogP contribution in [-0.2, 0) is 0 Å². The number of alkyl halides is 2. The Kier molecular flexibility index (Phi) is 3.45. The van der Waals surface area contributed by atoms with Crippen LogP contribution in [0.5, 0.6) is 0 Å². The van der Waals surface area contributed by atoms with Gasteiger partial charge in [-0.15, -0.1) is 0 Å². The summed E-state index contributed by atoms with van der Waals surface area (Å²) < 4.78 is 24.1. The molecule has 0 aromatic carbocycles. The molecular formula is C10H14F2. The van der Waals surface area contributed by atoms with Crippen LogP contribution < -0.4 is 0 Å². The molecule has 0 amide bonds. The van der Waals surface area contributed by atoms with Gasteiger partial charge in [-0.05, 0) is 24.8 Å². The van der Waals surface area contributed by atoms with Crippen LogP contribution in [0.15, 0.2) is 23.3 Å². The van der Waals surface area contributed by atoms with E-state index in [1.165, 1.54) is 5.57 Å². The van der Waals surface area contributed by atoms with Gasteiger partial charge in [-0.25, -0.2) is 8.78 Å². The Morgan fingerprint density at radius 1 is 1.50 bits per heavy atom. The lowest BCUT2D eigenvalue weighted by Crippen LogP contribution is -1.99. The maximum absolute atomic E-state index is 12.1. The Morgan fingerprint density at radius 3 is 2.83 bits per heavy atom. The Balaban J connectivity index is 2.67. The summed E-state index contributed by atoms with van der Waals surface area (Å²) in [5.74, 6) is 0. The van der Waals surface area contributed by atoms with E-state index >= 15 is 0 Å². The molecule has 0 bridgehead atoms. The predicted octanol–water partition coefficient (Wildman–Crippen LogP) is 3.70. The zero-order chi connectivity index (χ0) is 8.97. The molecule has 12 heavy (non-hydrogen) atoms. The number of hydrogen-bond donors (Lipinski definition) is 0. The molecule has 1 rings (SSSR count). The highest BCUT2D eigenvalue weighted by Gasteiger charge is 2.11. The summed E-state index contributed by atoms with van der Waals surface area (Å²) in [4.78, 5) is 0. The lowest BCUT2D eigenvalue weighted by Gasteiger charge is -2.13. The average Bonchev–Trinajstić information content (AvgIpc) is 2.04. The molecule has 2 heteroatoms. The standard InChI is InChI=1S/C10H14F2/c1-2-8-5-3-4-6-9(8)7-10(11)12/h4,6,10H,2-3,5,7H2,1H3. The van der Waals surface area contributed by atoms with E-state index in [0.717, 1.165) is 24.8 Å². The van der Waals surface area contributed by atoms with E-state index in [1.807, 2.05) is 19.1 Å². The first kappa shape index (κ1) is 9.43. The second-order valence-electron chi connectivity index (χ2n) is 3.02. The molecule has 0 fully saturated rings. The van der Waals surface area contributed by atoms with Crippen LogP contribution in [0, 0.1) is 0 Å². The van der Waals surface area contributed by atoms with Gasteiger partial charge >= 0.3 is 0 Å². The molecule has 0 aromatic rings. The third kappa shape index (κ3) is 2.43. The molecule has 0 saturated carbocycles. The fourth-order valence-corrected chi connectivity index (χ4v) is 1.54. The van der Waals surface area contributed by atoms with E-state index in [4.69, 9.17) is 0 Å². The summed E-state index contributed by atoms with van der Waals surface area (Å²) in [5, 5.41) is 0. The molecule has 0 saturated heterocycles. The highest BCUT2D eigenvalue weighted by Crippen LogP contribution is 2.25. The minimum Gasteiger partial charge on any atom is -0.210 e. The van der Waals surface area contributed by atoms with Crippen LogP contribution in [0.1, 0.15) is 32.6 Å². The zero-order valence-corrected chi connectivity index (χ0v) is 7.32. The summed E-state index contributed by atoms with van der Waals surface area (Å²) in [7, 11) is 0. The van der Waals surface area contributed by atoms with Crippen molar-refractivity contribution in [2.45, 2.75) is 39.0 Å². The van der Waals surface area contributed by atoms with Gasteiger partial charge in [-0.1, -0.05) is 24.6 Å². The predicted molar refractivity (Wildman–Crippen MR) is 46.3 cm³/mol. The maximum atomic E-state index is 12.1. The number of halogens is 2. The molecule has 1 aliphatic carbocycles. The van der Waals surface area contributed by atoms with Gasteiger partial charge in [0.1, 0.15) is 0 Å². The van der Waals surface area contributed by atoms with Crippen molar-refractivity contribution in [3.05, 3.63) is 23.3 Å². The van der Waals surface area contributed by atoms with E-state index in [2.05, 4.69) is 0 Å². The first-order chi connectivity index (χ1) is 5.74. The molecule has 0 atom stereocenters. The van der Waals surface area contributed by atoms with Gasteiger partial charge in [-0.2, -0.15) is 0 Å². The second kappa shape index (κ2) is 4.39. The van der Waals surface area contributed by atoms with Crippen LogP contribution in [0.4, 0.5) is 8.78 Å². The van der Waals surface area contributed by atoms with Crippen molar-refractivity contribution < 1.29 is 8.78 Å². The minimum absolute atomic E-state index is 0.0698. The Hall–Kier alpha value is -0.660. The lowest BCUT2D eigenvalue weighted by atomic mass is 9.94. The van der Waals surface area contributed by atoms with Crippen molar-refractivity contribution in [3.63, 3.8) is 0 Å². The number of hydrogen-bond acceptors (Lipinski definition) is 0. The van der Waals surface area contributed by atoms with Crippen LogP contribution in [-0.4, -0.2) is 6.43 Å². The fourth-order valence-electron chi connectivity index (χ4n) is 1.54. The highest BCUT2D eigenvalue weighted by atomic mass is 19.3. The van der Waals surface area contributed by atoms with Crippen molar-refractivity contribution in [1.29, 1.82) is 0 Å². The molecule has 68 valence electrons. The molecule has 1 aliphatic rings. The third-order valence-corrected chi connectivity index (χ3v) is 2.19. The first-order valence-corrected chi connectivity index (χ1v) is 4.39. The molecule has 0 aromatic heterocycles. The molecule has 0 aliphatic heterocycles. The highest BCUT2D eigenvalue weighted by molar-refractivity contribution is 5.29. The van der Waals surface area contributed by atoms with Crippen molar-refractivity contribution in [2.75, 3.05) is 0 Å². The van der Waals surface area contributed by atoms with Gasteiger partial charge < -0.3 is 0 Å². The van der Waals surface area contributed by atoms with Crippen molar-refractivity contribution in [1.82, 2.24) is 0 Å². The zero-order valence-electron chi connectivity index (χ0n) is 7.32. The van der Waals surface area contributed by atoms with Gasteiger partial charge in [0.2, 0.25) is 6.43 Å². The van der Waals surface area contributed by atoms with Gasteiger partial charge in [0.25, 0.3) is 0 Å². The monoisotopic (exact) mass is 172 g/mol. The van der Waals surface area contributed by atoms with Crippen molar-refractivity contribution >= 4 is 0 Å². The van der Waals surface area contributed by atoms with Gasteiger partial charge in [0.05, 0.1) is 0 Å². The quantitative estimate of drug-likeness (QED) is 0.609. The Morgan fingerprint density at radius 2 is 2.25 bits per heavy atom. The third-order valence-electron chi connectivity index (χ3n) is 2.19. The molecular weight excluding hydrogens is 158 g/mol. The van der Waals surface area contributed by atoms with Crippen LogP contribution in [0.25, 0.3) is 0 Å². The van der Waals surface area contributed by atoms with E-state index in [9.17, 15) is 8.78 Å². The number of rotatable bonds is 3. The molecule has 0 unspecified atom stereocenters. The van der Waals surface area contributed by atoms with Gasteiger partial charge in [0.15, 0.2) is 0 Å². The summed E-state index contributed by atoms with van der Waals surface area (Å²) in [5.41, 5.74) is 2.07. The van der Waals surface area contributed by atoms with Gasteiger partial charge in [-0.3, -0.25) is 0 Å². The smallest absolute Gasteiger partial charge is 0.210 e. The summed E-state index contributed by atoms with van der Waals surface area (Å²) >= 11 is 0. The maximum Gasteiger partial charge on any atom is 0.242 e. The molecule has 0 nitrogen and oxygen atoms in total. The van der Waals surface area contributed by atoms with Crippen molar-refractivity contribution in [3.8, 4) is 0 Å². The molecule has 0 radical (unpaired) electrons. The topological polar surface area (TPSA) is 0 Å². The Labute approximate surface area is 72.0 Å².